The lowest BCUT2D eigenvalue weighted by molar-refractivity contribution is -0.551. The second kappa shape index (κ2) is 10.5. The van der Waals surface area contributed by atoms with E-state index in [9.17, 15) is 0 Å². The third kappa shape index (κ3) is 5.41. The third-order valence-corrected chi connectivity index (χ3v) is 4.23. The highest BCUT2D eigenvalue weighted by atomic mass is 15.1. The van der Waals surface area contributed by atoms with Crippen molar-refractivity contribution in [1.82, 2.24) is 5.32 Å². The Morgan fingerprint density at radius 1 is 1.30 bits per heavy atom. The van der Waals surface area contributed by atoms with E-state index < -0.39 is 0 Å². The molecule has 0 fully saturated rings. The summed E-state index contributed by atoms with van der Waals surface area (Å²) in [4.78, 5) is 0. The van der Waals surface area contributed by atoms with Crippen molar-refractivity contribution in [3.8, 4) is 12.3 Å². The Labute approximate surface area is 126 Å². The second-order valence-corrected chi connectivity index (χ2v) is 5.53. The van der Waals surface area contributed by atoms with E-state index in [-0.39, 0.29) is 0 Å². The van der Waals surface area contributed by atoms with Crippen LogP contribution in [-0.2, 0) is 0 Å². The van der Waals surface area contributed by atoms with E-state index in [0.717, 1.165) is 19.3 Å². The number of amidine groups is 1. The number of rotatable bonds is 8. The molecule has 0 aliphatic carbocycles. The third-order valence-electron chi connectivity index (χ3n) is 4.23. The van der Waals surface area contributed by atoms with Crippen molar-refractivity contribution < 1.29 is 4.58 Å². The van der Waals surface area contributed by atoms with Gasteiger partial charge in [-0.15, -0.1) is 6.42 Å². The average molecular weight is 277 g/mol. The standard InChI is InChI=1S/C18H32N2/c1-8-12-14-16(13-9-2)18(19-6)20(7)17(11-4)15(5)10-3/h1,12,14-17H,9-11,13H2,2-7H3/p+1/b14-12-/t15-,16?,17?/m0/s1. The largest absolute Gasteiger partial charge is 0.281 e. The van der Waals surface area contributed by atoms with E-state index in [4.69, 9.17) is 6.42 Å². The molecular formula is C18H33N2+. The fourth-order valence-electron chi connectivity index (χ4n) is 2.94. The smallest absolute Gasteiger partial charge is 0.251 e. The van der Waals surface area contributed by atoms with Gasteiger partial charge in [0.1, 0.15) is 0 Å². The van der Waals surface area contributed by atoms with Gasteiger partial charge < -0.3 is 0 Å². The molecule has 0 aliphatic heterocycles. The van der Waals surface area contributed by atoms with Crippen LogP contribution in [0.3, 0.4) is 0 Å². The Hall–Kier alpha value is -1.23. The summed E-state index contributed by atoms with van der Waals surface area (Å²) in [6.07, 6.45) is 14.0. The van der Waals surface area contributed by atoms with Gasteiger partial charge in [0.15, 0.2) is 0 Å². The Balaban J connectivity index is 5.47. The zero-order valence-corrected chi connectivity index (χ0v) is 14.2. The van der Waals surface area contributed by atoms with Gasteiger partial charge in [-0.05, 0) is 31.3 Å². The van der Waals surface area contributed by atoms with Crippen LogP contribution in [-0.4, -0.2) is 30.5 Å². The minimum Gasteiger partial charge on any atom is -0.281 e. The fraction of sp³-hybridized carbons (Fsp3) is 0.722. The number of hydrogen-bond donors (Lipinski definition) is 1. The van der Waals surface area contributed by atoms with Crippen LogP contribution in [0.5, 0.6) is 0 Å². The molecule has 0 aromatic heterocycles. The van der Waals surface area contributed by atoms with Gasteiger partial charge in [-0.1, -0.05) is 46.1 Å². The number of nitrogens with one attached hydrogen (secondary N) is 1. The molecule has 0 amide bonds. The first kappa shape index (κ1) is 18.8. The lowest BCUT2D eigenvalue weighted by Gasteiger charge is -2.24. The Morgan fingerprint density at radius 2 is 1.95 bits per heavy atom. The molecule has 1 N–H and O–H groups in total. The van der Waals surface area contributed by atoms with E-state index in [0.29, 0.717) is 17.9 Å². The number of hydrogen-bond acceptors (Lipinski definition) is 0. The van der Waals surface area contributed by atoms with Crippen LogP contribution in [0.1, 0.15) is 53.4 Å². The normalized spacial score (nSPS) is 17.2. The van der Waals surface area contributed by atoms with Gasteiger partial charge in [0.2, 0.25) is 0 Å². The van der Waals surface area contributed by atoms with E-state index in [1.54, 1.807) is 0 Å². The fourth-order valence-corrected chi connectivity index (χ4v) is 2.94. The monoisotopic (exact) mass is 277 g/mol. The molecule has 2 unspecified atom stereocenters. The van der Waals surface area contributed by atoms with Crippen LogP contribution >= 0.6 is 0 Å². The highest BCUT2D eigenvalue weighted by Crippen LogP contribution is 2.17. The number of terminal acetylenes is 1. The van der Waals surface area contributed by atoms with Crippen LogP contribution in [0, 0.1) is 24.2 Å². The summed E-state index contributed by atoms with van der Waals surface area (Å²) in [5.74, 6) is 4.96. The summed E-state index contributed by atoms with van der Waals surface area (Å²) in [6, 6.07) is 0.570. The Bertz CT molecular complexity index is 360. The van der Waals surface area contributed by atoms with Crippen molar-refractivity contribution in [2.45, 2.75) is 59.4 Å². The van der Waals surface area contributed by atoms with Gasteiger partial charge in [0.25, 0.3) is 5.84 Å². The summed E-state index contributed by atoms with van der Waals surface area (Å²) < 4.78 is 2.43. The maximum Gasteiger partial charge on any atom is 0.251 e. The number of nitrogens with zero attached hydrogens (tertiary/aromatic N) is 1. The topological polar surface area (TPSA) is 15.0 Å². The lowest BCUT2D eigenvalue weighted by Crippen LogP contribution is -2.42. The molecule has 0 aliphatic rings. The van der Waals surface area contributed by atoms with Gasteiger partial charge in [0.05, 0.1) is 26.1 Å². The molecule has 0 rings (SSSR count). The van der Waals surface area contributed by atoms with Crippen molar-refractivity contribution in [2.75, 3.05) is 14.1 Å². The van der Waals surface area contributed by atoms with Crippen LogP contribution in [0.25, 0.3) is 0 Å². The summed E-state index contributed by atoms with van der Waals surface area (Å²) >= 11 is 0. The predicted octanol–water partition coefficient (Wildman–Crippen LogP) is 3.68. The van der Waals surface area contributed by atoms with E-state index in [1.165, 1.54) is 12.3 Å². The van der Waals surface area contributed by atoms with Crippen molar-refractivity contribution >= 4 is 5.84 Å². The molecule has 0 spiro atoms. The Kier molecular flexibility index (Phi) is 9.90. The van der Waals surface area contributed by atoms with Crippen molar-refractivity contribution in [1.29, 1.82) is 0 Å². The summed E-state index contributed by atoms with van der Waals surface area (Å²) in [5.41, 5.74) is 0. The van der Waals surface area contributed by atoms with Gasteiger partial charge in [0, 0.05) is 0 Å². The minimum absolute atomic E-state index is 0.379. The first-order valence-corrected chi connectivity index (χ1v) is 7.97. The van der Waals surface area contributed by atoms with E-state index in [2.05, 4.69) is 56.6 Å². The molecule has 0 radical (unpaired) electrons. The highest BCUT2D eigenvalue weighted by Gasteiger charge is 2.26. The molecule has 2 heteroatoms. The molecular weight excluding hydrogens is 244 g/mol. The van der Waals surface area contributed by atoms with Crippen LogP contribution in [0.2, 0.25) is 0 Å². The van der Waals surface area contributed by atoms with E-state index in [1.807, 2.05) is 13.1 Å². The SMILES string of the molecule is C#C/C=C\C(CCC)/C(NC)=[N+](/C)C(CC)[C@@H](C)CC. The van der Waals surface area contributed by atoms with Crippen LogP contribution in [0.4, 0.5) is 0 Å². The molecule has 0 aromatic rings. The zero-order valence-electron chi connectivity index (χ0n) is 14.2. The average Bonchev–Trinajstić information content (AvgIpc) is 2.45. The van der Waals surface area contributed by atoms with Gasteiger partial charge >= 0.3 is 0 Å². The van der Waals surface area contributed by atoms with Crippen molar-refractivity contribution in [2.24, 2.45) is 11.8 Å². The molecule has 114 valence electrons. The minimum atomic E-state index is 0.379. The molecule has 0 saturated heterocycles. The molecule has 3 atom stereocenters. The van der Waals surface area contributed by atoms with Crippen LogP contribution < -0.4 is 5.32 Å². The second-order valence-electron chi connectivity index (χ2n) is 5.53. The number of allylic oxidation sites excluding steroid dienone is 1. The highest BCUT2D eigenvalue weighted by molar-refractivity contribution is 5.81. The molecule has 0 bridgehead atoms. The van der Waals surface area contributed by atoms with Gasteiger partial charge in [-0.25, -0.2) is 0 Å². The van der Waals surface area contributed by atoms with Crippen molar-refractivity contribution in [3.05, 3.63) is 12.2 Å². The molecule has 2 nitrogen and oxygen atoms in total. The molecule has 0 saturated carbocycles. The maximum atomic E-state index is 5.37. The summed E-state index contributed by atoms with van der Waals surface area (Å²) in [7, 11) is 4.22. The first-order chi connectivity index (χ1) is 9.56. The lowest BCUT2D eigenvalue weighted by atomic mass is 9.95. The van der Waals surface area contributed by atoms with Crippen LogP contribution in [0.15, 0.2) is 12.2 Å². The zero-order chi connectivity index (χ0) is 15.5. The summed E-state index contributed by atoms with van der Waals surface area (Å²) in [6.45, 7) is 9.09. The van der Waals surface area contributed by atoms with Gasteiger partial charge in [-0.3, -0.25) is 9.89 Å². The van der Waals surface area contributed by atoms with E-state index >= 15 is 0 Å². The molecule has 0 heterocycles. The summed E-state index contributed by atoms with van der Waals surface area (Å²) in [5, 5.41) is 3.41. The molecule has 0 aromatic carbocycles. The first-order valence-electron chi connectivity index (χ1n) is 7.97. The van der Waals surface area contributed by atoms with Gasteiger partial charge in [-0.2, -0.15) is 0 Å². The predicted molar refractivity (Wildman–Crippen MR) is 90.2 cm³/mol. The quantitative estimate of drug-likeness (QED) is 0.309. The maximum absolute atomic E-state index is 5.37. The Morgan fingerprint density at radius 3 is 2.35 bits per heavy atom. The van der Waals surface area contributed by atoms with Crippen molar-refractivity contribution in [3.63, 3.8) is 0 Å². The molecule has 20 heavy (non-hydrogen) atoms.